The first-order chi connectivity index (χ1) is 17.9. The van der Waals surface area contributed by atoms with Gasteiger partial charge in [-0.1, -0.05) is 0 Å². The van der Waals surface area contributed by atoms with Crippen molar-refractivity contribution in [3.05, 3.63) is 40.1 Å². The van der Waals surface area contributed by atoms with Gasteiger partial charge in [0.1, 0.15) is 5.56 Å². The van der Waals surface area contributed by atoms with Gasteiger partial charge in [0.2, 0.25) is 11.9 Å². The van der Waals surface area contributed by atoms with E-state index in [-0.39, 0.29) is 43.6 Å². The van der Waals surface area contributed by atoms with E-state index in [0.29, 0.717) is 25.9 Å². The van der Waals surface area contributed by atoms with Crippen LogP contribution >= 0.6 is 0 Å². The van der Waals surface area contributed by atoms with Crippen molar-refractivity contribution in [2.45, 2.75) is 56.7 Å². The van der Waals surface area contributed by atoms with E-state index in [2.05, 4.69) is 20.4 Å². The lowest BCUT2D eigenvalue weighted by atomic mass is 10.1. The lowest BCUT2D eigenvalue weighted by Crippen LogP contribution is -2.40. The smallest absolute Gasteiger partial charge is 0.379 e. The fraction of sp³-hybridized carbons (Fsp3) is 0.591. The molecule has 4 heterocycles. The molecule has 1 amide bonds. The van der Waals surface area contributed by atoms with Gasteiger partial charge in [-0.05, 0) is 19.8 Å². The Morgan fingerprint density at radius 1 is 1.11 bits per heavy atom. The van der Waals surface area contributed by atoms with Crippen LogP contribution in [0.25, 0.3) is 0 Å². The van der Waals surface area contributed by atoms with Crippen molar-refractivity contribution in [1.82, 2.24) is 25.1 Å². The van der Waals surface area contributed by atoms with E-state index in [1.807, 2.05) is 4.90 Å². The predicted molar refractivity (Wildman–Crippen MR) is 121 cm³/mol. The van der Waals surface area contributed by atoms with Gasteiger partial charge in [-0.25, -0.2) is 15.1 Å². The molecule has 0 bridgehead atoms. The summed E-state index contributed by atoms with van der Waals surface area (Å²) < 4.78 is 83.3. The van der Waals surface area contributed by atoms with Gasteiger partial charge in [-0.3, -0.25) is 9.59 Å². The van der Waals surface area contributed by atoms with Crippen LogP contribution in [0, 0.1) is 0 Å². The van der Waals surface area contributed by atoms with Gasteiger partial charge >= 0.3 is 12.4 Å². The molecule has 2 aromatic heterocycles. The quantitative estimate of drug-likeness (QED) is 0.382. The van der Waals surface area contributed by atoms with Crippen LogP contribution in [-0.2, 0) is 21.9 Å². The zero-order valence-corrected chi connectivity index (χ0v) is 20.1. The van der Waals surface area contributed by atoms with Crippen LogP contribution in [0.3, 0.4) is 0 Å². The van der Waals surface area contributed by atoms with Crippen molar-refractivity contribution in [2.24, 2.45) is 0 Å². The number of hydrogen-bond donors (Lipinski definition) is 2. The number of aromatic nitrogens is 4. The van der Waals surface area contributed by atoms with E-state index >= 15 is 0 Å². The second kappa shape index (κ2) is 10.7. The zero-order chi connectivity index (χ0) is 27.7. The van der Waals surface area contributed by atoms with Crippen molar-refractivity contribution in [3.63, 3.8) is 0 Å². The summed E-state index contributed by atoms with van der Waals surface area (Å²) >= 11 is 0. The lowest BCUT2D eigenvalue weighted by molar-refractivity contribution is -0.139. The Morgan fingerprint density at radius 3 is 2.45 bits per heavy atom. The molecule has 0 spiro atoms. The molecule has 208 valence electrons. The number of aromatic amines is 1. The monoisotopic (exact) mass is 549 g/mol. The highest BCUT2D eigenvalue weighted by Crippen LogP contribution is 2.35. The maximum atomic E-state index is 13.2. The third kappa shape index (κ3) is 6.00. The molecule has 2 aliphatic heterocycles. The lowest BCUT2D eigenvalue weighted by Gasteiger charge is -2.26. The minimum Gasteiger partial charge on any atom is -0.379 e. The molecule has 2 fully saturated rings. The van der Waals surface area contributed by atoms with E-state index in [0.717, 1.165) is 18.6 Å². The van der Waals surface area contributed by atoms with Gasteiger partial charge in [0.15, 0.2) is 0 Å². The van der Waals surface area contributed by atoms with Gasteiger partial charge in [-0.2, -0.15) is 31.4 Å². The average Bonchev–Trinajstić information content (AvgIpc) is 3.43. The maximum Gasteiger partial charge on any atom is 0.423 e. The molecular weight excluding hydrogens is 524 g/mol. The number of ether oxygens (including phenoxy) is 1. The van der Waals surface area contributed by atoms with Crippen LogP contribution < -0.4 is 15.8 Å². The number of H-pyrrole nitrogens is 1. The molecular formula is C22H25F6N7O3. The second-order valence-corrected chi connectivity index (χ2v) is 9.12. The molecule has 2 aliphatic rings. The van der Waals surface area contributed by atoms with Gasteiger partial charge in [0, 0.05) is 31.5 Å². The highest BCUT2D eigenvalue weighted by molar-refractivity contribution is 5.77. The number of carbonyl (C=O) groups excluding carboxylic acids is 1. The van der Waals surface area contributed by atoms with E-state index in [9.17, 15) is 35.9 Å². The number of nitrogens with zero attached hydrogens (tertiary/aromatic N) is 5. The first-order valence-corrected chi connectivity index (χ1v) is 11.8. The van der Waals surface area contributed by atoms with Gasteiger partial charge in [-0.15, -0.1) is 0 Å². The Hall–Kier alpha value is -3.43. The first-order valence-electron chi connectivity index (χ1n) is 11.8. The van der Waals surface area contributed by atoms with Crippen LogP contribution in [0.4, 0.5) is 38.0 Å². The Balaban J connectivity index is 1.25. The van der Waals surface area contributed by atoms with Gasteiger partial charge < -0.3 is 19.9 Å². The van der Waals surface area contributed by atoms with Crippen molar-refractivity contribution in [1.29, 1.82) is 0 Å². The standard InChI is InChI=1S/C22H25F6N7O3/c1-12(32-14-10-31-33-19(37)18(14)22(26,27)28)11-38-7-4-17(36)34-5-2-16-15(34)3-6-35(16)20-29-8-13(9-30-20)21(23,24)25/h8-10,12,15-16H,2-7,11H2,1H3,(H2,32,33,37)/t12-,15+,16+/m0/s1. The fourth-order valence-corrected chi connectivity index (χ4v) is 4.82. The highest BCUT2D eigenvalue weighted by atomic mass is 19.4. The SMILES string of the molecule is C[C@@H](COCCC(=O)N1CC[C@@H]2[C@H]1CCN2c1ncc(C(F)(F)F)cn1)Nc1cn[nH]c(=O)c1C(F)(F)F. The fourth-order valence-electron chi connectivity index (χ4n) is 4.82. The van der Waals surface area contributed by atoms with Crippen LogP contribution in [0.15, 0.2) is 23.4 Å². The average molecular weight is 549 g/mol. The molecule has 16 heteroatoms. The number of halogens is 6. The summed E-state index contributed by atoms with van der Waals surface area (Å²) in [5.41, 5.74) is -4.15. The van der Waals surface area contributed by atoms with Crippen molar-refractivity contribution in [3.8, 4) is 0 Å². The van der Waals surface area contributed by atoms with Crippen molar-refractivity contribution in [2.75, 3.05) is 36.5 Å². The summed E-state index contributed by atoms with van der Waals surface area (Å²) in [5, 5.41) is 7.71. The van der Waals surface area contributed by atoms with E-state index in [1.165, 1.54) is 0 Å². The minimum atomic E-state index is -4.87. The summed E-state index contributed by atoms with van der Waals surface area (Å²) in [4.78, 5) is 35.6. The van der Waals surface area contributed by atoms with Crippen molar-refractivity contribution < 1.29 is 35.9 Å². The number of hydrogen-bond acceptors (Lipinski definition) is 8. The van der Waals surface area contributed by atoms with E-state index < -0.39 is 40.8 Å². The molecule has 0 aliphatic carbocycles. The molecule has 0 aromatic carbocycles. The molecule has 0 saturated carbocycles. The Morgan fingerprint density at radius 2 is 1.79 bits per heavy atom. The second-order valence-electron chi connectivity index (χ2n) is 9.12. The summed E-state index contributed by atoms with van der Waals surface area (Å²) in [5.74, 6) is 0.0281. The topological polar surface area (TPSA) is 116 Å². The third-order valence-electron chi connectivity index (χ3n) is 6.49. The molecule has 0 radical (unpaired) electrons. The summed E-state index contributed by atoms with van der Waals surface area (Å²) in [6.07, 6.45) is -5.74. The first kappa shape index (κ1) is 27.6. The van der Waals surface area contributed by atoms with Crippen LogP contribution in [0.2, 0.25) is 0 Å². The van der Waals surface area contributed by atoms with Gasteiger partial charge in [0.25, 0.3) is 5.56 Å². The largest absolute Gasteiger partial charge is 0.423 e. The normalized spacial score (nSPS) is 20.5. The van der Waals surface area contributed by atoms with E-state index in [4.69, 9.17) is 4.74 Å². The van der Waals surface area contributed by atoms with Crippen LogP contribution in [-0.4, -0.2) is 75.4 Å². The molecule has 0 unspecified atom stereocenters. The van der Waals surface area contributed by atoms with Crippen LogP contribution in [0.5, 0.6) is 0 Å². The number of amides is 1. The Labute approximate surface area is 212 Å². The molecule has 2 N–H and O–H groups in total. The summed E-state index contributed by atoms with van der Waals surface area (Å²) in [6, 6.07) is -0.845. The minimum absolute atomic E-state index is 0.0253. The molecule has 3 atom stereocenters. The number of alkyl halides is 6. The number of rotatable bonds is 8. The molecule has 38 heavy (non-hydrogen) atoms. The number of likely N-dealkylation sites (tertiary alicyclic amines) is 1. The van der Waals surface area contributed by atoms with Gasteiger partial charge in [0.05, 0.1) is 49.2 Å². The zero-order valence-electron chi connectivity index (χ0n) is 20.1. The molecule has 2 aromatic rings. The third-order valence-corrected chi connectivity index (χ3v) is 6.49. The summed E-state index contributed by atoms with van der Waals surface area (Å²) in [6.45, 7) is 2.54. The summed E-state index contributed by atoms with van der Waals surface area (Å²) in [7, 11) is 0. The predicted octanol–water partition coefficient (Wildman–Crippen LogP) is 2.68. The Bertz CT molecular complexity index is 1190. The number of carbonyl (C=O) groups is 1. The molecule has 2 saturated heterocycles. The Kier molecular flexibility index (Phi) is 7.80. The van der Waals surface area contributed by atoms with Crippen LogP contribution in [0.1, 0.15) is 37.3 Å². The van der Waals surface area contributed by atoms with E-state index in [1.54, 1.807) is 16.9 Å². The highest BCUT2D eigenvalue weighted by Gasteiger charge is 2.45. The maximum absolute atomic E-state index is 13.2. The number of nitrogens with one attached hydrogen (secondary N) is 2. The number of anilines is 2. The molecule has 4 rings (SSSR count). The molecule has 10 nitrogen and oxygen atoms in total. The number of fused-ring (bicyclic) bond motifs is 1. The van der Waals surface area contributed by atoms with Crippen molar-refractivity contribution >= 4 is 17.5 Å².